The van der Waals surface area contributed by atoms with E-state index >= 15 is 0 Å². The van der Waals surface area contributed by atoms with Crippen molar-refractivity contribution in [2.75, 3.05) is 112 Å². The topological polar surface area (TPSA) is 170 Å². The summed E-state index contributed by atoms with van der Waals surface area (Å²) in [6.45, 7) is 14.5. The van der Waals surface area contributed by atoms with E-state index in [-0.39, 0.29) is 46.3 Å². The number of benzene rings is 4. The van der Waals surface area contributed by atoms with Crippen LogP contribution < -0.4 is 15.4 Å². The van der Waals surface area contributed by atoms with Crippen LogP contribution in [0.1, 0.15) is 108 Å². The molecule has 4 heterocycles. The Balaban J connectivity index is 0.610. The average molecular weight is 1150 g/mol. The molecule has 0 spiro atoms. The van der Waals surface area contributed by atoms with Crippen molar-refractivity contribution in [2.45, 2.75) is 106 Å². The summed E-state index contributed by atoms with van der Waals surface area (Å²) in [5.74, 6) is 0.461. The van der Waals surface area contributed by atoms with E-state index in [1.807, 2.05) is 54.6 Å². The number of ether oxygens (including phenoxy) is 2. The lowest BCUT2D eigenvalue weighted by atomic mass is 9.83. The van der Waals surface area contributed by atoms with E-state index in [0.29, 0.717) is 93.2 Å². The second-order valence-corrected chi connectivity index (χ2v) is 26.9. The van der Waals surface area contributed by atoms with Gasteiger partial charge in [-0.3, -0.25) is 9.69 Å². The van der Waals surface area contributed by atoms with Gasteiger partial charge in [0.15, 0.2) is 9.84 Å². The quantitative estimate of drug-likeness (QED) is 0.0491. The van der Waals surface area contributed by atoms with Crippen LogP contribution in [0.15, 0.2) is 82.6 Å². The number of nitrogens with zero attached hydrogens (tertiary/aromatic N) is 4. The molecule has 2 fully saturated rings. The van der Waals surface area contributed by atoms with Gasteiger partial charge in [0, 0.05) is 113 Å². The van der Waals surface area contributed by atoms with Crippen molar-refractivity contribution in [2.24, 2.45) is 5.92 Å². The number of halogens is 2. The summed E-state index contributed by atoms with van der Waals surface area (Å²) in [5, 5.41) is 7.09. The van der Waals surface area contributed by atoms with E-state index in [1.54, 1.807) is 18.2 Å². The molecule has 4 aliphatic rings. The number of aryl methyl sites for hydroxylation is 2. The average Bonchev–Trinajstić information content (AvgIpc) is 4.05. The Morgan fingerprint density at radius 2 is 1.19 bits per heavy atom. The molecular weight excluding hydrogens is 1070 g/mol. The van der Waals surface area contributed by atoms with Gasteiger partial charge in [0.05, 0.1) is 35.4 Å². The van der Waals surface area contributed by atoms with Gasteiger partial charge in [0.25, 0.3) is 0 Å². The largest absolute Gasteiger partial charge is 0.380 e. The maximum absolute atomic E-state index is 13.7. The van der Waals surface area contributed by atoms with Crippen molar-refractivity contribution in [3.8, 4) is 0 Å². The fourth-order valence-electron chi connectivity index (χ4n) is 11.8. The molecule has 0 bridgehead atoms. The molecule has 3 N–H and O–H groups in total. The molecule has 0 aliphatic carbocycles. The van der Waals surface area contributed by atoms with Crippen molar-refractivity contribution >= 4 is 54.9 Å². The highest BCUT2D eigenvalue weighted by Crippen LogP contribution is 2.39. The Morgan fingerprint density at radius 3 is 1.85 bits per heavy atom. The van der Waals surface area contributed by atoms with Crippen LogP contribution >= 0.6 is 23.2 Å². The number of hydrogen-bond donors (Lipinski definition) is 3. The summed E-state index contributed by atoms with van der Waals surface area (Å²) >= 11 is 13.0. The second kappa shape index (κ2) is 28.1. The first-order valence-corrected chi connectivity index (χ1v) is 31.8. The maximum atomic E-state index is 13.7. The fraction of sp³-hybridized carbons (Fsp3) is 0.559. The maximum Gasteiger partial charge on any atom is 0.314 e. The van der Waals surface area contributed by atoms with Gasteiger partial charge in [-0.2, -0.15) is 0 Å². The number of likely N-dealkylation sites (N-methyl/N-ethyl adjacent to an activating group) is 2. The summed E-state index contributed by atoms with van der Waals surface area (Å²) in [6, 6.07) is 22.4. The number of urea groups is 1. The molecule has 8 rings (SSSR count). The van der Waals surface area contributed by atoms with Crippen LogP contribution in [0, 0.1) is 19.8 Å². The van der Waals surface area contributed by atoms with Crippen LogP contribution in [0.5, 0.6) is 0 Å². The number of Topliss-reactive ketones (excluding diaryl/α,β-unsaturated/α-hetero) is 1. The summed E-state index contributed by atoms with van der Waals surface area (Å²) < 4.78 is 69.2. The predicted molar refractivity (Wildman–Crippen MR) is 309 cm³/mol. The number of carbonyl (C=O) groups is 2. The fourth-order valence-corrected chi connectivity index (χ4v) is 15.4. The molecular formula is C59H81Cl2N7O8S2. The summed E-state index contributed by atoms with van der Waals surface area (Å²) in [6.07, 6.45) is 5.60. The Labute approximate surface area is 474 Å². The van der Waals surface area contributed by atoms with E-state index in [9.17, 15) is 26.4 Å². The number of carbonyl (C=O) groups excluding carboxylic acids is 2. The molecule has 19 heteroatoms. The third kappa shape index (κ3) is 16.8. The predicted octanol–water partition coefficient (Wildman–Crippen LogP) is 8.16. The molecule has 4 aromatic carbocycles. The molecule has 0 saturated carbocycles. The molecule has 4 atom stereocenters. The molecule has 2 unspecified atom stereocenters. The monoisotopic (exact) mass is 1150 g/mol. The highest BCUT2D eigenvalue weighted by atomic mass is 35.5. The number of nitrogens with one attached hydrogen (secondary N) is 3. The molecule has 78 heavy (non-hydrogen) atoms. The normalized spacial score (nSPS) is 20.4. The summed E-state index contributed by atoms with van der Waals surface area (Å²) in [7, 11) is -3.04. The Morgan fingerprint density at radius 1 is 0.628 bits per heavy atom. The second-order valence-electron chi connectivity index (χ2n) is 22.2. The van der Waals surface area contributed by atoms with E-state index in [0.717, 1.165) is 106 Å². The van der Waals surface area contributed by atoms with Crippen molar-refractivity contribution in [1.29, 1.82) is 0 Å². The minimum Gasteiger partial charge on any atom is -0.380 e. The van der Waals surface area contributed by atoms with E-state index in [4.69, 9.17) is 32.7 Å². The van der Waals surface area contributed by atoms with E-state index in [1.165, 1.54) is 16.7 Å². The Bertz CT molecular complexity index is 2740. The van der Waals surface area contributed by atoms with Gasteiger partial charge in [-0.05, 0) is 172 Å². The summed E-state index contributed by atoms with van der Waals surface area (Å²) in [4.78, 5) is 34.5. The molecule has 2 saturated heterocycles. The first kappa shape index (κ1) is 60.1. The number of ketones is 1. The van der Waals surface area contributed by atoms with Gasteiger partial charge in [-0.1, -0.05) is 53.9 Å². The van der Waals surface area contributed by atoms with Crippen LogP contribution in [0.3, 0.4) is 0 Å². The highest BCUT2D eigenvalue weighted by Gasteiger charge is 2.33. The zero-order chi connectivity index (χ0) is 55.4. The number of likely N-dealkylation sites (tertiary alicyclic amines) is 2. The first-order valence-electron chi connectivity index (χ1n) is 27.9. The molecule has 0 radical (unpaired) electrons. The highest BCUT2D eigenvalue weighted by molar-refractivity contribution is 7.91. The number of rotatable bonds is 27. The lowest BCUT2D eigenvalue weighted by Crippen LogP contribution is -2.38. The number of unbranched alkanes of at least 4 members (excludes halogenated alkanes) is 2. The van der Waals surface area contributed by atoms with Crippen LogP contribution in [0.2, 0.25) is 10.0 Å². The molecule has 15 nitrogen and oxygen atoms in total. The van der Waals surface area contributed by atoms with E-state index < -0.39 is 19.9 Å². The molecule has 4 aromatic rings. The third-order valence-electron chi connectivity index (χ3n) is 15.9. The minimum absolute atomic E-state index is 0.0140. The Hall–Kier alpha value is -3.98. The number of amides is 2. The van der Waals surface area contributed by atoms with Gasteiger partial charge < -0.3 is 34.8 Å². The number of hydrogen-bond acceptors (Lipinski definition) is 12. The number of sulfonamides is 1. The van der Waals surface area contributed by atoms with Gasteiger partial charge in [0.1, 0.15) is 5.78 Å². The van der Waals surface area contributed by atoms with Gasteiger partial charge in [0.2, 0.25) is 10.0 Å². The zero-order valence-corrected chi connectivity index (χ0v) is 49.2. The van der Waals surface area contributed by atoms with Crippen LogP contribution in [-0.4, -0.2) is 166 Å². The third-order valence-corrected chi connectivity index (χ3v) is 19.8. The van der Waals surface area contributed by atoms with Crippen molar-refractivity contribution in [3.63, 3.8) is 0 Å². The van der Waals surface area contributed by atoms with Gasteiger partial charge >= 0.3 is 6.03 Å². The molecule has 4 aliphatic heterocycles. The number of sulfone groups is 1. The molecule has 0 aromatic heterocycles. The van der Waals surface area contributed by atoms with Crippen molar-refractivity contribution < 1.29 is 35.9 Å². The SMILES string of the molecule is Cc1cc(Cl)cc2c1CN(C)CC2c1cccc(S(=O)(=O)C[C@H]2CCN(CCOCCCC(=O)CCCCCNC(=O)NCCOCCN3CC[C@H](NS(=O)(=O)c4cccc(C5CN(C)Cc6c(C)cc(Cl)cc65)c4)C3)C2)c1. The van der Waals surface area contributed by atoms with Crippen molar-refractivity contribution in [1.82, 2.24) is 35.0 Å². The standard InChI is InChI=1S/C59H81Cl2N7O8S2/c1-42-29-47(60)33-53-55(42)37-65(3)39-57(53)45-11-8-15-51(31-45)77(71,72)41-44-17-21-67(35-44)23-27-75-25-10-14-50(69)13-6-5-7-19-62-59(70)63-20-26-76-28-24-68-22-18-49(36-68)64-78(73,74)52-16-9-12-46(32-52)58-40-66(4)38-56-43(2)30-48(61)34-54(56)58/h8-9,11-12,15-16,29-34,44,49,57-58,64H,5-7,10,13-14,17-28,35-41H2,1-4H3,(H2,62,63,70)/t44-,49-,57?,58?/m0/s1. The smallest absolute Gasteiger partial charge is 0.314 e. The Kier molecular flexibility index (Phi) is 21.7. The first-order chi connectivity index (χ1) is 37.4. The zero-order valence-electron chi connectivity index (χ0n) is 46.0. The molecule has 2 amide bonds. The van der Waals surface area contributed by atoms with Gasteiger partial charge in [-0.15, -0.1) is 0 Å². The van der Waals surface area contributed by atoms with Crippen LogP contribution in [0.25, 0.3) is 0 Å². The lowest BCUT2D eigenvalue weighted by Gasteiger charge is -2.34. The number of fused-ring (bicyclic) bond motifs is 2. The summed E-state index contributed by atoms with van der Waals surface area (Å²) in [5.41, 5.74) is 9.10. The van der Waals surface area contributed by atoms with Gasteiger partial charge in [-0.25, -0.2) is 26.4 Å². The lowest BCUT2D eigenvalue weighted by molar-refractivity contribution is -0.119. The molecule has 426 valence electrons. The minimum atomic E-state index is -3.74. The van der Waals surface area contributed by atoms with Crippen molar-refractivity contribution in [3.05, 3.63) is 127 Å². The van der Waals surface area contributed by atoms with E-state index in [2.05, 4.69) is 62.9 Å². The van der Waals surface area contributed by atoms with Crippen LogP contribution in [-0.2, 0) is 47.2 Å². The van der Waals surface area contributed by atoms with Crippen LogP contribution in [0.4, 0.5) is 4.79 Å².